The number of carbonyl (C=O) groups excluding carboxylic acids is 1. The number of aliphatic carboxylic acids is 1. The van der Waals surface area contributed by atoms with Crippen molar-refractivity contribution in [2.45, 2.75) is 12.6 Å². The zero-order valence-corrected chi connectivity index (χ0v) is 9.51. The van der Waals surface area contributed by atoms with Crippen molar-refractivity contribution in [1.82, 2.24) is 20.4 Å². The highest BCUT2D eigenvalue weighted by Gasteiger charge is 2.34. The lowest BCUT2D eigenvalue weighted by Crippen LogP contribution is -2.46. The zero-order valence-electron chi connectivity index (χ0n) is 8.70. The lowest BCUT2D eigenvalue weighted by molar-refractivity contribution is -0.140. The molecule has 2 rings (SSSR count). The molecule has 2 N–H and O–H groups in total. The molecule has 92 valence electrons. The summed E-state index contributed by atoms with van der Waals surface area (Å²) in [5.74, 6) is 0.127. The Labute approximate surface area is 100 Å². The number of carbonyl (C=O) groups is 2. The minimum absolute atomic E-state index is 0.114. The Kier molecular flexibility index (Phi) is 3.47. The van der Waals surface area contributed by atoms with Crippen LogP contribution in [-0.4, -0.2) is 49.8 Å². The Morgan fingerprint density at radius 1 is 1.71 bits per heavy atom. The highest BCUT2D eigenvalue weighted by molar-refractivity contribution is 7.99. The van der Waals surface area contributed by atoms with Gasteiger partial charge in [-0.1, -0.05) is 5.16 Å². The molecule has 1 aliphatic heterocycles. The van der Waals surface area contributed by atoms with Crippen LogP contribution in [0.25, 0.3) is 0 Å². The Hall–Kier alpha value is -1.77. The van der Waals surface area contributed by atoms with Crippen LogP contribution < -0.4 is 5.32 Å². The monoisotopic (exact) mass is 258 g/mol. The van der Waals surface area contributed by atoms with Crippen LogP contribution in [0.2, 0.25) is 0 Å². The van der Waals surface area contributed by atoms with Gasteiger partial charge < -0.3 is 19.8 Å². The number of urea groups is 1. The highest BCUT2D eigenvalue weighted by atomic mass is 32.2. The van der Waals surface area contributed by atoms with E-state index in [-0.39, 0.29) is 6.54 Å². The fourth-order valence-electron chi connectivity index (χ4n) is 1.37. The van der Waals surface area contributed by atoms with Gasteiger partial charge in [0.15, 0.2) is 5.82 Å². The average molecular weight is 258 g/mol. The van der Waals surface area contributed by atoms with Gasteiger partial charge in [0.1, 0.15) is 6.04 Å². The Bertz CT molecular complexity index is 410. The minimum Gasteiger partial charge on any atom is -0.480 e. The van der Waals surface area contributed by atoms with Gasteiger partial charge in [-0.15, -0.1) is 11.8 Å². The fourth-order valence-corrected chi connectivity index (χ4v) is 2.52. The van der Waals surface area contributed by atoms with Gasteiger partial charge in [-0.25, -0.2) is 9.59 Å². The molecular weight excluding hydrogens is 248 g/mol. The third-order valence-corrected chi connectivity index (χ3v) is 3.25. The molecule has 1 atom stereocenters. The highest BCUT2D eigenvalue weighted by Crippen LogP contribution is 2.20. The molecule has 0 spiro atoms. The van der Waals surface area contributed by atoms with E-state index in [9.17, 15) is 9.59 Å². The maximum atomic E-state index is 11.7. The molecular formula is C8H10N4O4S. The van der Waals surface area contributed by atoms with Crippen LogP contribution in [0.3, 0.4) is 0 Å². The third kappa shape index (κ3) is 2.67. The first-order valence-corrected chi connectivity index (χ1v) is 5.94. The molecule has 1 fully saturated rings. The van der Waals surface area contributed by atoms with Gasteiger partial charge in [-0.05, 0) is 0 Å². The normalized spacial score (nSPS) is 19.3. The summed E-state index contributed by atoms with van der Waals surface area (Å²) in [6.07, 6.45) is 1.16. The molecule has 0 aliphatic carbocycles. The van der Waals surface area contributed by atoms with Gasteiger partial charge in [-0.3, -0.25) is 0 Å². The molecule has 1 unspecified atom stereocenters. The summed E-state index contributed by atoms with van der Waals surface area (Å²) in [7, 11) is 0. The number of rotatable bonds is 3. The fraction of sp³-hybridized carbons (Fsp3) is 0.500. The predicted octanol–water partition coefficient (Wildman–Crippen LogP) is -0.261. The lowest BCUT2D eigenvalue weighted by atomic mass is 10.3. The van der Waals surface area contributed by atoms with E-state index in [1.54, 1.807) is 0 Å². The van der Waals surface area contributed by atoms with Crippen molar-refractivity contribution >= 4 is 23.8 Å². The Morgan fingerprint density at radius 3 is 3.18 bits per heavy atom. The van der Waals surface area contributed by atoms with Crippen molar-refractivity contribution in [3.05, 3.63) is 12.2 Å². The lowest BCUT2D eigenvalue weighted by Gasteiger charge is -2.20. The number of aromatic nitrogens is 2. The smallest absolute Gasteiger partial charge is 0.327 e. The van der Waals surface area contributed by atoms with Gasteiger partial charge in [0.2, 0.25) is 6.39 Å². The van der Waals surface area contributed by atoms with Gasteiger partial charge in [0.25, 0.3) is 0 Å². The van der Waals surface area contributed by atoms with Gasteiger partial charge in [0.05, 0.1) is 12.4 Å². The van der Waals surface area contributed by atoms with E-state index < -0.39 is 18.0 Å². The molecule has 1 saturated heterocycles. The molecule has 0 saturated carbocycles. The first-order chi connectivity index (χ1) is 8.18. The summed E-state index contributed by atoms with van der Waals surface area (Å²) >= 11 is 1.40. The second-order valence-electron chi connectivity index (χ2n) is 3.33. The number of hydrogen-bond acceptors (Lipinski definition) is 6. The molecule has 8 nitrogen and oxygen atoms in total. The minimum atomic E-state index is -0.996. The van der Waals surface area contributed by atoms with Crippen LogP contribution in [-0.2, 0) is 11.3 Å². The van der Waals surface area contributed by atoms with Crippen LogP contribution in [0.5, 0.6) is 0 Å². The topological polar surface area (TPSA) is 109 Å². The predicted molar refractivity (Wildman–Crippen MR) is 57.1 cm³/mol. The van der Waals surface area contributed by atoms with Crippen molar-refractivity contribution in [3.8, 4) is 0 Å². The Morgan fingerprint density at radius 2 is 2.53 bits per heavy atom. The molecule has 17 heavy (non-hydrogen) atoms. The van der Waals surface area contributed by atoms with Crippen LogP contribution in [0.4, 0.5) is 4.79 Å². The first kappa shape index (κ1) is 11.7. The van der Waals surface area contributed by atoms with E-state index in [1.807, 2.05) is 0 Å². The van der Waals surface area contributed by atoms with Gasteiger partial charge in [0, 0.05) is 5.75 Å². The molecule has 0 aromatic carbocycles. The molecule has 1 aromatic heterocycles. The second-order valence-corrected chi connectivity index (χ2v) is 4.33. The molecule has 9 heteroatoms. The van der Waals surface area contributed by atoms with Crippen molar-refractivity contribution in [3.63, 3.8) is 0 Å². The maximum Gasteiger partial charge on any atom is 0.327 e. The van der Waals surface area contributed by atoms with E-state index in [4.69, 9.17) is 5.11 Å². The van der Waals surface area contributed by atoms with Gasteiger partial charge >= 0.3 is 12.0 Å². The van der Waals surface area contributed by atoms with Crippen LogP contribution in [0, 0.1) is 0 Å². The van der Waals surface area contributed by atoms with Crippen molar-refractivity contribution in [1.29, 1.82) is 0 Å². The van der Waals surface area contributed by atoms with Crippen molar-refractivity contribution in [2.75, 3.05) is 11.6 Å². The van der Waals surface area contributed by atoms with E-state index in [2.05, 4.69) is 20.0 Å². The Balaban J connectivity index is 1.89. The number of nitrogens with one attached hydrogen (secondary N) is 1. The van der Waals surface area contributed by atoms with E-state index in [0.717, 1.165) is 6.39 Å². The summed E-state index contributed by atoms with van der Waals surface area (Å²) in [5, 5.41) is 15.0. The van der Waals surface area contributed by atoms with Crippen molar-refractivity contribution < 1.29 is 19.2 Å². The van der Waals surface area contributed by atoms with Crippen LogP contribution in [0.15, 0.2) is 10.9 Å². The quantitative estimate of drug-likeness (QED) is 0.768. The number of carboxylic acid groups (broad SMARTS) is 1. The zero-order chi connectivity index (χ0) is 12.3. The first-order valence-electron chi connectivity index (χ1n) is 4.78. The number of amides is 2. The van der Waals surface area contributed by atoms with E-state index in [1.165, 1.54) is 16.7 Å². The second kappa shape index (κ2) is 5.04. The van der Waals surface area contributed by atoms with Crippen LogP contribution in [0.1, 0.15) is 5.82 Å². The number of hydrogen-bond donors (Lipinski definition) is 2. The number of thioether (sulfide) groups is 1. The molecule has 0 bridgehead atoms. The van der Waals surface area contributed by atoms with E-state index in [0.29, 0.717) is 17.5 Å². The molecule has 2 amide bonds. The summed E-state index contributed by atoms with van der Waals surface area (Å²) in [6.45, 7) is 0.114. The van der Waals surface area contributed by atoms with Crippen molar-refractivity contribution in [2.24, 2.45) is 0 Å². The van der Waals surface area contributed by atoms with Gasteiger partial charge in [-0.2, -0.15) is 4.98 Å². The number of carboxylic acids is 1. The SMILES string of the molecule is O=C(O)C1CSCN1C(=O)NCc1ncon1. The molecule has 2 heterocycles. The average Bonchev–Trinajstić information content (AvgIpc) is 2.96. The summed E-state index contributed by atoms with van der Waals surface area (Å²) in [4.78, 5) is 27.6. The van der Waals surface area contributed by atoms with Crippen LogP contribution >= 0.6 is 11.8 Å². The van der Waals surface area contributed by atoms with E-state index >= 15 is 0 Å². The standard InChI is InChI=1S/C8H10N4O4S/c13-7(14)5-2-17-4-12(5)8(15)9-1-6-10-3-16-11-6/h3,5H,1-2,4H2,(H,9,15)(H,13,14). The molecule has 1 aliphatic rings. The molecule has 0 radical (unpaired) electrons. The number of nitrogens with zero attached hydrogens (tertiary/aromatic N) is 3. The third-order valence-electron chi connectivity index (χ3n) is 2.23. The largest absolute Gasteiger partial charge is 0.480 e. The maximum absolute atomic E-state index is 11.7. The molecule has 1 aromatic rings. The summed E-state index contributed by atoms with van der Waals surface area (Å²) in [6, 6.07) is -1.21. The summed E-state index contributed by atoms with van der Waals surface area (Å²) in [5.41, 5.74) is 0. The summed E-state index contributed by atoms with van der Waals surface area (Å²) < 4.78 is 4.51.